The first-order chi connectivity index (χ1) is 8.72. The molecule has 1 N–H and O–H groups in total. The van der Waals surface area contributed by atoms with Crippen LogP contribution in [0.2, 0.25) is 5.02 Å². The van der Waals surface area contributed by atoms with Crippen LogP contribution >= 0.6 is 11.6 Å². The molecule has 0 amide bonds. The lowest BCUT2D eigenvalue weighted by atomic mass is 9.69. The second kappa shape index (κ2) is 5.94. The van der Waals surface area contributed by atoms with Gasteiger partial charge in [0, 0.05) is 22.5 Å². The van der Waals surface area contributed by atoms with Crippen molar-refractivity contribution in [2.24, 2.45) is 0 Å². The molecule has 0 bridgehead atoms. The third-order valence-electron chi connectivity index (χ3n) is 4.06. The fourth-order valence-corrected chi connectivity index (χ4v) is 3.38. The Morgan fingerprint density at radius 2 is 2.00 bits per heavy atom. The first-order valence-electron chi connectivity index (χ1n) is 6.70. The van der Waals surface area contributed by atoms with E-state index >= 15 is 0 Å². The Morgan fingerprint density at radius 1 is 1.28 bits per heavy atom. The molecule has 0 radical (unpaired) electrons. The van der Waals surface area contributed by atoms with Crippen LogP contribution in [0.5, 0.6) is 5.75 Å². The number of benzene rings is 1. The molecule has 1 aliphatic rings. The number of nitrogens with one attached hydrogen (secondary N) is 1. The Kier molecular flexibility index (Phi) is 4.52. The highest BCUT2D eigenvalue weighted by molar-refractivity contribution is 6.30. The van der Waals surface area contributed by atoms with Crippen molar-refractivity contribution in [2.75, 3.05) is 20.7 Å². The lowest BCUT2D eigenvalue weighted by Gasteiger charge is -2.38. The van der Waals surface area contributed by atoms with Gasteiger partial charge in [0.25, 0.3) is 0 Å². The van der Waals surface area contributed by atoms with Gasteiger partial charge < -0.3 is 10.1 Å². The first-order valence-corrected chi connectivity index (χ1v) is 7.08. The van der Waals surface area contributed by atoms with Crippen LogP contribution in [0.25, 0.3) is 0 Å². The van der Waals surface area contributed by atoms with Crippen molar-refractivity contribution in [3.8, 4) is 5.75 Å². The number of hydrogen-bond donors (Lipinski definition) is 1. The molecule has 3 heteroatoms. The molecule has 0 atom stereocenters. The lowest BCUT2D eigenvalue weighted by molar-refractivity contribution is 0.275. The molecule has 1 fully saturated rings. The van der Waals surface area contributed by atoms with Crippen LogP contribution in [0, 0.1) is 0 Å². The fraction of sp³-hybridized carbons (Fsp3) is 0.600. The Labute approximate surface area is 115 Å². The van der Waals surface area contributed by atoms with Crippen molar-refractivity contribution in [3.63, 3.8) is 0 Å². The predicted molar refractivity (Wildman–Crippen MR) is 76.7 cm³/mol. The van der Waals surface area contributed by atoms with Gasteiger partial charge in [-0.25, -0.2) is 0 Å². The number of rotatable bonds is 4. The van der Waals surface area contributed by atoms with Crippen LogP contribution in [-0.4, -0.2) is 20.7 Å². The minimum atomic E-state index is 0.184. The maximum absolute atomic E-state index is 6.18. The molecule has 18 heavy (non-hydrogen) atoms. The van der Waals surface area contributed by atoms with Gasteiger partial charge in [0.1, 0.15) is 5.75 Å². The number of hydrogen-bond acceptors (Lipinski definition) is 2. The molecule has 100 valence electrons. The second-order valence-electron chi connectivity index (χ2n) is 5.22. The molecule has 0 unspecified atom stereocenters. The van der Waals surface area contributed by atoms with Crippen LogP contribution in [0.1, 0.15) is 37.7 Å². The van der Waals surface area contributed by atoms with Crippen LogP contribution < -0.4 is 10.1 Å². The quantitative estimate of drug-likeness (QED) is 0.897. The van der Waals surface area contributed by atoms with E-state index in [-0.39, 0.29) is 5.41 Å². The standard InChI is InChI=1S/C15H22ClNO/c1-17-11-15(8-4-3-5-9-15)13-10-12(16)6-7-14(13)18-2/h6-7,10,17H,3-5,8-9,11H2,1-2H3. The molecule has 0 aliphatic heterocycles. The molecular weight excluding hydrogens is 246 g/mol. The smallest absolute Gasteiger partial charge is 0.122 e. The molecule has 1 aliphatic carbocycles. The molecule has 1 saturated carbocycles. The minimum Gasteiger partial charge on any atom is -0.496 e. The van der Waals surface area contributed by atoms with E-state index in [1.165, 1.54) is 37.7 Å². The molecule has 0 aromatic heterocycles. The van der Waals surface area contributed by atoms with Crippen molar-refractivity contribution >= 4 is 11.6 Å². The summed E-state index contributed by atoms with van der Waals surface area (Å²) in [4.78, 5) is 0. The summed E-state index contributed by atoms with van der Waals surface area (Å²) in [6, 6.07) is 5.98. The van der Waals surface area contributed by atoms with Gasteiger partial charge in [0.2, 0.25) is 0 Å². The Bertz CT molecular complexity index is 394. The third-order valence-corrected chi connectivity index (χ3v) is 4.29. The highest BCUT2D eigenvalue weighted by Crippen LogP contribution is 2.43. The number of likely N-dealkylation sites (N-methyl/N-ethyl adjacent to an activating group) is 1. The van der Waals surface area contributed by atoms with Crippen molar-refractivity contribution < 1.29 is 4.74 Å². The van der Waals surface area contributed by atoms with Crippen LogP contribution in [0.15, 0.2) is 18.2 Å². The topological polar surface area (TPSA) is 21.3 Å². The van der Waals surface area contributed by atoms with E-state index in [4.69, 9.17) is 16.3 Å². The average Bonchev–Trinajstić information content (AvgIpc) is 2.40. The highest BCUT2D eigenvalue weighted by atomic mass is 35.5. The zero-order valence-corrected chi connectivity index (χ0v) is 12.0. The molecule has 0 heterocycles. The summed E-state index contributed by atoms with van der Waals surface area (Å²) in [5.41, 5.74) is 1.45. The highest BCUT2D eigenvalue weighted by Gasteiger charge is 2.35. The third kappa shape index (κ3) is 2.65. The molecule has 0 saturated heterocycles. The summed E-state index contributed by atoms with van der Waals surface area (Å²) < 4.78 is 5.54. The van der Waals surface area contributed by atoms with Gasteiger partial charge in [-0.2, -0.15) is 0 Å². The summed E-state index contributed by atoms with van der Waals surface area (Å²) in [6.45, 7) is 0.990. The molecule has 2 nitrogen and oxygen atoms in total. The van der Waals surface area contributed by atoms with E-state index in [0.29, 0.717) is 0 Å². The number of ether oxygens (including phenoxy) is 1. The summed E-state index contributed by atoms with van der Waals surface area (Å²) in [5, 5.41) is 4.15. The predicted octanol–water partition coefficient (Wildman–Crippen LogP) is 3.77. The monoisotopic (exact) mass is 267 g/mol. The second-order valence-corrected chi connectivity index (χ2v) is 5.65. The van der Waals surface area contributed by atoms with Gasteiger partial charge in [0.15, 0.2) is 0 Å². The van der Waals surface area contributed by atoms with E-state index < -0.39 is 0 Å². The molecule has 1 aromatic rings. The van der Waals surface area contributed by atoms with E-state index in [1.54, 1.807) is 7.11 Å². The van der Waals surface area contributed by atoms with Gasteiger partial charge in [-0.05, 0) is 38.1 Å². The van der Waals surface area contributed by atoms with Crippen molar-refractivity contribution in [3.05, 3.63) is 28.8 Å². The van der Waals surface area contributed by atoms with Crippen LogP contribution in [0.3, 0.4) is 0 Å². The van der Waals surface area contributed by atoms with E-state index in [0.717, 1.165) is 17.3 Å². The minimum absolute atomic E-state index is 0.184. The molecule has 0 spiro atoms. The van der Waals surface area contributed by atoms with Gasteiger partial charge in [-0.1, -0.05) is 30.9 Å². The zero-order valence-electron chi connectivity index (χ0n) is 11.3. The largest absolute Gasteiger partial charge is 0.496 e. The lowest BCUT2D eigenvalue weighted by Crippen LogP contribution is -2.39. The Morgan fingerprint density at radius 3 is 2.61 bits per heavy atom. The summed E-state index contributed by atoms with van der Waals surface area (Å²) in [5.74, 6) is 0.969. The van der Waals surface area contributed by atoms with Crippen LogP contribution in [-0.2, 0) is 5.41 Å². The zero-order chi connectivity index (χ0) is 13.0. The summed E-state index contributed by atoms with van der Waals surface area (Å²) in [6.07, 6.45) is 6.35. The van der Waals surface area contributed by atoms with Gasteiger partial charge in [-0.15, -0.1) is 0 Å². The van der Waals surface area contributed by atoms with Crippen LogP contribution in [0.4, 0.5) is 0 Å². The normalized spacial score (nSPS) is 18.6. The SMILES string of the molecule is CNCC1(c2cc(Cl)ccc2OC)CCCCC1. The maximum atomic E-state index is 6.18. The van der Waals surface area contributed by atoms with Crippen molar-refractivity contribution in [1.82, 2.24) is 5.32 Å². The van der Waals surface area contributed by atoms with Gasteiger partial charge in [-0.3, -0.25) is 0 Å². The van der Waals surface area contributed by atoms with E-state index in [1.807, 2.05) is 19.2 Å². The van der Waals surface area contributed by atoms with Crippen molar-refractivity contribution in [2.45, 2.75) is 37.5 Å². The van der Waals surface area contributed by atoms with E-state index in [2.05, 4.69) is 11.4 Å². The molecule has 1 aromatic carbocycles. The maximum Gasteiger partial charge on any atom is 0.122 e. The average molecular weight is 268 g/mol. The van der Waals surface area contributed by atoms with Gasteiger partial charge in [0.05, 0.1) is 7.11 Å². The first kappa shape index (κ1) is 13.7. The fourth-order valence-electron chi connectivity index (χ4n) is 3.20. The van der Waals surface area contributed by atoms with E-state index in [9.17, 15) is 0 Å². The molecular formula is C15H22ClNO. The number of halogens is 1. The molecule has 2 rings (SSSR count). The number of methoxy groups -OCH3 is 1. The Balaban J connectivity index is 2.43. The summed E-state index contributed by atoms with van der Waals surface area (Å²) >= 11 is 6.18. The van der Waals surface area contributed by atoms with Crippen molar-refractivity contribution in [1.29, 1.82) is 0 Å². The van der Waals surface area contributed by atoms with Gasteiger partial charge >= 0.3 is 0 Å². The summed E-state index contributed by atoms with van der Waals surface area (Å²) in [7, 11) is 3.76. The Hall–Kier alpha value is -0.730.